The van der Waals surface area contributed by atoms with Gasteiger partial charge in [-0.05, 0) is 92.7 Å². The van der Waals surface area contributed by atoms with Crippen molar-refractivity contribution in [1.82, 2.24) is 14.9 Å². The van der Waals surface area contributed by atoms with Crippen molar-refractivity contribution in [3.05, 3.63) is 88.7 Å². The molecule has 3 N–H and O–H groups in total. The average Bonchev–Trinajstić information content (AvgIpc) is 3.67. The fraction of sp³-hybridized carbons (Fsp3) is 0.441. The zero-order valence-electron chi connectivity index (χ0n) is 26.9. The van der Waals surface area contributed by atoms with Crippen molar-refractivity contribution < 1.29 is 35.5 Å². The average molecular weight is 711 g/mol. The predicted octanol–water partition coefficient (Wildman–Crippen LogP) is 6.33. The monoisotopic (exact) mass is 710 g/mol. The standard InChI is InChI=1S/C34H39ClF4N4O4S/c1-20(2)30(22-8-10-24(35)11-9-22)31(40-4)32(44)42-29-7-5-6-28(36)27(29)16-23-17-33(23)19-41-18-21(3)43(33)48(45,46)26-14-12-25(13-15-26)47-34(37,38)39/h5-15,20-21,23,30-31,40-41H,16-19H2,1-4H3,(H,42,44)/t21-,23+,30+,31-,33?/m0/s1. The highest BCUT2D eigenvalue weighted by Crippen LogP contribution is 2.54. The molecule has 5 rings (SSSR count). The Hall–Kier alpha value is -3.23. The van der Waals surface area contributed by atoms with Crippen LogP contribution < -0.4 is 20.7 Å². The van der Waals surface area contributed by atoms with Gasteiger partial charge in [0.1, 0.15) is 11.6 Å². The lowest BCUT2D eigenvalue weighted by Gasteiger charge is -2.41. The number of nitrogens with zero attached hydrogens (tertiary/aromatic N) is 1. The molecule has 1 aliphatic heterocycles. The van der Waals surface area contributed by atoms with Crippen LogP contribution in [0.5, 0.6) is 5.75 Å². The first-order valence-electron chi connectivity index (χ1n) is 15.7. The van der Waals surface area contributed by atoms with Gasteiger partial charge in [-0.2, -0.15) is 4.31 Å². The van der Waals surface area contributed by atoms with Crippen LogP contribution in [-0.2, 0) is 21.2 Å². The highest BCUT2D eigenvalue weighted by atomic mass is 35.5. The van der Waals surface area contributed by atoms with Gasteiger partial charge in [0.15, 0.2) is 0 Å². The van der Waals surface area contributed by atoms with Gasteiger partial charge in [-0.25, -0.2) is 12.8 Å². The number of hydrogen-bond donors (Lipinski definition) is 3. The number of alkyl halides is 3. The Kier molecular flexibility index (Phi) is 10.5. The van der Waals surface area contributed by atoms with Gasteiger partial charge >= 0.3 is 6.36 Å². The number of benzene rings is 3. The van der Waals surface area contributed by atoms with Gasteiger partial charge in [-0.1, -0.05) is 43.6 Å². The predicted molar refractivity (Wildman–Crippen MR) is 176 cm³/mol. The van der Waals surface area contributed by atoms with Crippen molar-refractivity contribution >= 4 is 33.2 Å². The lowest BCUT2D eigenvalue weighted by molar-refractivity contribution is -0.274. The largest absolute Gasteiger partial charge is 0.573 e. The molecule has 1 spiro atoms. The molecule has 1 unspecified atom stereocenters. The number of carbonyl (C=O) groups is 1. The van der Waals surface area contributed by atoms with Crippen LogP contribution in [-0.4, -0.2) is 62.8 Å². The maximum Gasteiger partial charge on any atom is 0.573 e. The molecule has 2 aliphatic rings. The third kappa shape index (κ3) is 7.50. The van der Waals surface area contributed by atoms with E-state index in [-0.39, 0.29) is 40.5 Å². The molecule has 8 nitrogen and oxygen atoms in total. The van der Waals surface area contributed by atoms with E-state index in [1.54, 1.807) is 32.2 Å². The summed E-state index contributed by atoms with van der Waals surface area (Å²) in [5.74, 6) is -1.87. The minimum atomic E-state index is -4.91. The molecule has 1 saturated carbocycles. The summed E-state index contributed by atoms with van der Waals surface area (Å²) >= 11 is 6.10. The Labute approximate surface area is 283 Å². The zero-order valence-corrected chi connectivity index (χ0v) is 28.5. The molecule has 3 aromatic carbocycles. The van der Waals surface area contributed by atoms with E-state index in [0.29, 0.717) is 30.2 Å². The molecule has 1 amide bonds. The quantitative estimate of drug-likeness (QED) is 0.201. The number of anilines is 1. The summed E-state index contributed by atoms with van der Waals surface area (Å²) in [7, 11) is -2.47. The number of likely N-dealkylation sites (N-methyl/N-ethyl adjacent to an activating group) is 1. The first kappa shape index (κ1) is 36.1. The lowest BCUT2D eigenvalue weighted by atomic mass is 9.82. The highest BCUT2D eigenvalue weighted by Gasteiger charge is 2.63. The Morgan fingerprint density at radius 2 is 1.77 bits per heavy atom. The normalized spacial score (nSPS) is 22.8. The van der Waals surface area contributed by atoms with Crippen LogP contribution in [0.1, 0.15) is 44.2 Å². The van der Waals surface area contributed by atoms with Crippen molar-refractivity contribution in [1.29, 1.82) is 0 Å². The van der Waals surface area contributed by atoms with Gasteiger partial charge in [-0.3, -0.25) is 4.79 Å². The Bertz CT molecular complexity index is 1720. The number of hydrogen-bond acceptors (Lipinski definition) is 6. The van der Waals surface area contributed by atoms with Gasteiger partial charge in [0.2, 0.25) is 15.9 Å². The molecule has 1 heterocycles. The smallest absolute Gasteiger partial charge is 0.406 e. The zero-order chi connectivity index (χ0) is 35.0. The van der Waals surface area contributed by atoms with Crippen LogP contribution >= 0.6 is 11.6 Å². The fourth-order valence-corrected chi connectivity index (χ4v) is 9.23. The van der Waals surface area contributed by atoms with E-state index in [1.807, 2.05) is 26.0 Å². The number of ether oxygens (including phenoxy) is 1. The molecule has 5 atom stereocenters. The summed E-state index contributed by atoms with van der Waals surface area (Å²) in [6.45, 7) is 6.45. The Morgan fingerprint density at radius 3 is 2.38 bits per heavy atom. The second-order valence-corrected chi connectivity index (χ2v) is 15.1. The molecular formula is C34H39ClF4N4O4S. The summed E-state index contributed by atoms with van der Waals surface area (Å²) in [5.41, 5.74) is 0.587. The van der Waals surface area contributed by atoms with Gasteiger partial charge in [-0.15, -0.1) is 13.2 Å². The first-order chi connectivity index (χ1) is 22.6. The molecule has 48 heavy (non-hydrogen) atoms. The van der Waals surface area contributed by atoms with E-state index < -0.39 is 45.6 Å². The van der Waals surface area contributed by atoms with Gasteiger partial charge in [0.25, 0.3) is 0 Å². The topological polar surface area (TPSA) is 99.8 Å². The number of amides is 1. The molecular weight excluding hydrogens is 672 g/mol. The SMILES string of the molecule is CN[C@H](C(=O)Nc1cccc(F)c1C[C@@H]1CC12CNC[C@H](C)N2S(=O)(=O)c1ccc(OC(F)(F)F)cc1)[C@@H](c1ccc(Cl)cc1)C(C)C. The third-order valence-electron chi connectivity index (χ3n) is 9.28. The van der Waals surface area contributed by atoms with Crippen LogP contribution in [0, 0.1) is 17.7 Å². The molecule has 14 heteroatoms. The van der Waals surface area contributed by atoms with E-state index in [4.69, 9.17) is 11.6 Å². The summed E-state index contributed by atoms with van der Waals surface area (Å²) in [6, 6.07) is 14.7. The highest BCUT2D eigenvalue weighted by molar-refractivity contribution is 7.89. The summed E-state index contributed by atoms with van der Waals surface area (Å²) in [5, 5.41) is 9.92. The Morgan fingerprint density at radius 1 is 1.10 bits per heavy atom. The minimum absolute atomic E-state index is 0.0646. The number of piperazine rings is 1. The molecule has 1 saturated heterocycles. The third-order valence-corrected chi connectivity index (χ3v) is 11.6. The van der Waals surface area contributed by atoms with E-state index >= 15 is 4.39 Å². The lowest BCUT2D eigenvalue weighted by Crippen LogP contribution is -2.60. The molecule has 1 aliphatic carbocycles. The van der Waals surface area contributed by atoms with Crippen molar-refractivity contribution in [2.75, 3.05) is 25.5 Å². The van der Waals surface area contributed by atoms with Crippen LogP contribution in [0.2, 0.25) is 5.02 Å². The Balaban J connectivity index is 1.39. The number of carbonyl (C=O) groups excluding carboxylic acids is 1. The first-order valence-corrected chi connectivity index (χ1v) is 17.5. The van der Waals surface area contributed by atoms with E-state index in [1.165, 1.54) is 16.4 Å². The molecule has 0 bridgehead atoms. The number of sulfonamides is 1. The summed E-state index contributed by atoms with van der Waals surface area (Å²) in [6.07, 6.45) is -4.34. The van der Waals surface area contributed by atoms with Gasteiger partial charge in [0, 0.05) is 41.3 Å². The molecule has 0 aromatic heterocycles. The maximum atomic E-state index is 15.5. The van der Waals surface area contributed by atoms with Crippen LogP contribution in [0.3, 0.4) is 0 Å². The van der Waals surface area contributed by atoms with Crippen molar-refractivity contribution in [3.63, 3.8) is 0 Å². The van der Waals surface area contributed by atoms with Crippen LogP contribution in [0.25, 0.3) is 0 Å². The summed E-state index contributed by atoms with van der Waals surface area (Å²) in [4.78, 5) is 13.6. The van der Waals surface area contributed by atoms with Crippen molar-refractivity contribution in [2.45, 2.75) is 68.4 Å². The second kappa shape index (κ2) is 13.9. The fourth-order valence-electron chi connectivity index (χ4n) is 7.08. The maximum absolute atomic E-state index is 15.5. The van der Waals surface area contributed by atoms with Crippen molar-refractivity contribution in [3.8, 4) is 5.75 Å². The molecule has 2 fully saturated rings. The summed E-state index contributed by atoms with van der Waals surface area (Å²) < 4.78 is 86.8. The van der Waals surface area contributed by atoms with Crippen molar-refractivity contribution in [2.24, 2.45) is 11.8 Å². The molecule has 3 aromatic rings. The van der Waals surface area contributed by atoms with Crippen LogP contribution in [0.15, 0.2) is 71.6 Å². The second-order valence-electron chi connectivity index (χ2n) is 12.9. The minimum Gasteiger partial charge on any atom is -0.406 e. The van der Waals surface area contributed by atoms with E-state index in [9.17, 15) is 26.4 Å². The van der Waals surface area contributed by atoms with Gasteiger partial charge < -0.3 is 20.7 Å². The molecule has 260 valence electrons. The van der Waals surface area contributed by atoms with Gasteiger partial charge in [0.05, 0.1) is 16.5 Å². The number of nitrogens with one attached hydrogen (secondary N) is 3. The van der Waals surface area contributed by atoms with Crippen LogP contribution in [0.4, 0.5) is 23.2 Å². The number of rotatable bonds is 11. The number of halogens is 5. The molecule has 0 radical (unpaired) electrons. The van der Waals surface area contributed by atoms with E-state index in [0.717, 1.165) is 29.8 Å². The van der Waals surface area contributed by atoms with E-state index in [2.05, 4.69) is 20.7 Å².